The normalized spacial score (nSPS) is 12.7. The minimum atomic E-state index is -0.981. The lowest BCUT2D eigenvalue weighted by molar-refractivity contribution is 0.687. The first-order valence-corrected chi connectivity index (χ1v) is 6.17. The van der Waals surface area contributed by atoms with Gasteiger partial charge in [0, 0.05) is 30.0 Å². The highest BCUT2D eigenvalue weighted by molar-refractivity contribution is 7.84. The number of aromatic nitrogens is 2. The Morgan fingerprint density at radius 2 is 2.00 bits per heavy atom. The van der Waals surface area contributed by atoms with Crippen LogP contribution in [0.15, 0.2) is 41.4 Å². The fraction of sp³-hybridized carbons (Fsp3) is 0.182. The second kappa shape index (κ2) is 3.98. The molecule has 2 aromatic rings. The molecule has 4 heteroatoms. The number of hydrogen-bond acceptors (Lipinski definition) is 2. The van der Waals surface area contributed by atoms with Crippen molar-refractivity contribution in [3.63, 3.8) is 0 Å². The van der Waals surface area contributed by atoms with E-state index in [4.69, 9.17) is 0 Å². The van der Waals surface area contributed by atoms with Crippen LogP contribution in [0.1, 0.15) is 0 Å². The van der Waals surface area contributed by atoms with Crippen LogP contribution < -0.4 is 0 Å². The summed E-state index contributed by atoms with van der Waals surface area (Å²) in [7, 11) is 0.889. The van der Waals surface area contributed by atoms with Gasteiger partial charge in [-0.25, -0.2) is 0 Å². The van der Waals surface area contributed by atoms with E-state index >= 15 is 0 Å². The van der Waals surface area contributed by atoms with Gasteiger partial charge in [-0.1, -0.05) is 18.2 Å². The molecular formula is C11H12N2OS. The Kier molecular flexibility index (Phi) is 2.68. The van der Waals surface area contributed by atoms with E-state index in [-0.39, 0.29) is 0 Å². The monoisotopic (exact) mass is 220 g/mol. The summed E-state index contributed by atoms with van der Waals surface area (Å²) in [6.07, 6.45) is 3.56. The minimum Gasteiger partial charge on any atom is -0.275 e. The Morgan fingerprint density at radius 3 is 2.60 bits per heavy atom. The van der Waals surface area contributed by atoms with Gasteiger partial charge in [0.2, 0.25) is 0 Å². The van der Waals surface area contributed by atoms with Crippen LogP contribution in [0.4, 0.5) is 0 Å². The summed E-state index contributed by atoms with van der Waals surface area (Å²) >= 11 is 0. The van der Waals surface area contributed by atoms with E-state index in [2.05, 4.69) is 5.10 Å². The Labute approximate surface area is 91.2 Å². The first kappa shape index (κ1) is 10.1. The molecule has 1 aromatic heterocycles. The summed E-state index contributed by atoms with van der Waals surface area (Å²) in [5, 5.41) is 4.31. The van der Waals surface area contributed by atoms with Crippen LogP contribution >= 0.6 is 0 Å². The molecule has 0 aliphatic rings. The van der Waals surface area contributed by atoms with E-state index in [1.54, 1.807) is 10.9 Å². The largest absolute Gasteiger partial charge is 0.275 e. The van der Waals surface area contributed by atoms with Gasteiger partial charge in [-0.2, -0.15) is 5.10 Å². The molecule has 1 atom stereocenters. The van der Waals surface area contributed by atoms with Crippen molar-refractivity contribution in [1.82, 2.24) is 9.78 Å². The molecule has 2 rings (SSSR count). The minimum absolute atomic E-state index is 0.830. The fourth-order valence-electron chi connectivity index (χ4n) is 1.49. The molecule has 78 valence electrons. The van der Waals surface area contributed by atoms with Crippen molar-refractivity contribution in [3.05, 3.63) is 36.5 Å². The van der Waals surface area contributed by atoms with Crippen molar-refractivity contribution < 1.29 is 4.21 Å². The van der Waals surface area contributed by atoms with Crippen molar-refractivity contribution in [2.45, 2.75) is 4.90 Å². The quantitative estimate of drug-likeness (QED) is 0.774. The smallest absolute Gasteiger partial charge is 0.0935 e. The van der Waals surface area contributed by atoms with Gasteiger partial charge in [-0.3, -0.25) is 8.89 Å². The zero-order chi connectivity index (χ0) is 10.8. The highest BCUT2D eigenvalue weighted by atomic mass is 32.2. The number of nitrogens with zero attached hydrogens (tertiary/aromatic N) is 2. The Bertz CT molecular complexity index is 505. The van der Waals surface area contributed by atoms with Crippen molar-refractivity contribution in [1.29, 1.82) is 0 Å². The topological polar surface area (TPSA) is 34.9 Å². The molecule has 3 nitrogen and oxygen atoms in total. The summed E-state index contributed by atoms with van der Waals surface area (Å²) in [6.45, 7) is 0. The lowest BCUT2D eigenvalue weighted by Crippen LogP contribution is -1.93. The van der Waals surface area contributed by atoms with E-state index in [9.17, 15) is 4.21 Å². The van der Waals surface area contributed by atoms with E-state index in [1.165, 1.54) is 0 Å². The zero-order valence-corrected chi connectivity index (χ0v) is 9.49. The van der Waals surface area contributed by atoms with Gasteiger partial charge in [0.1, 0.15) is 0 Å². The molecule has 0 spiro atoms. The number of rotatable bonds is 2. The molecule has 0 saturated heterocycles. The first-order valence-electron chi connectivity index (χ1n) is 4.61. The fourth-order valence-corrected chi connectivity index (χ4v) is 2.24. The average molecular weight is 220 g/mol. The van der Waals surface area contributed by atoms with Crippen LogP contribution in [0.25, 0.3) is 11.3 Å². The predicted octanol–water partition coefficient (Wildman–Crippen LogP) is 1.82. The molecule has 0 radical (unpaired) electrons. The van der Waals surface area contributed by atoms with Gasteiger partial charge in [-0.05, 0) is 12.1 Å². The van der Waals surface area contributed by atoms with Gasteiger partial charge < -0.3 is 0 Å². The Morgan fingerprint density at radius 1 is 1.27 bits per heavy atom. The molecule has 1 unspecified atom stereocenters. The van der Waals surface area contributed by atoms with Crippen LogP contribution in [-0.2, 0) is 17.8 Å². The van der Waals surface area contributed by atoms with Gasteiger partial charge >= 0.3 is 0 Å². The van der Waals surface area contributed by atoms with Crippen molar-refractivity contribution in [2.75, 3.05) is 6.26 Å². The van der Waals surface area contributed by atoms with Crippen LogP contribution in [-0.4, -0.2) is 20.2 Å². The average Bonchev–Trinajstić information content (AvgIpc) is 2.65. The molecule has 0 N–H and O–H groups in total. The molecular weight excluding hydrogens is 208 g/mol. The van der Waals surface area contributed by atoms with Crippen LogP contribution in [0, 0.1) is 0 Å². The van der Waals surface area contributed by atoms with Gasteiger partial charge in [0.05, 0.1) is 16.5 Å². The molecule has 0 amide bonds. The lowest BCUT2D eigenvalue weighted by Gasteiger charge is -2.03. The summed E-state index contributed by atoms with van der Waals surface area (Å²) < 4.78 is 13.3. The van der Waals surface area contributed by atoms with Crippen LogP contribution in [0.3, 0.4) is 0 Å². The zero-order valence-electron chi connectivity index (χ0n) is 8.68. The maximum absolute atomic E-state index is 11.5. The molecule has 0 bridgehead atoms. The second-order valence-corrected chi connectivity index (χ2v) is 4.67. The molecule has 0 aliphatic heterocycles. The molecule has 1 heterocycles. The SMILES string of the molecule is Cn1ccc(-c2ccccc2S(C)=O)n1. The molecule has 1 aromatic carbocycles. The third kappa shape index (κ3) is 1.99. The van der Waals surface area contributed by atoms with E-state index < -0.39 is 10.8 Å². The molecule has 0 saturated carbocycles. The number of aryl methyl sites for hydroxylation is 1. The lowest BCUT2D eigenvalue weighted by atomic mass is 10.1. The van der Waals surface area contributed by atoms with E-state index in [1.807, 2.05) is 43.6 Å². The maximum atomic E-state index is 11.5. The summed E-state index contributed by atoms with van der Waals surface area (Å²) in [6, 6.07) is 9.56. The highest BCUT2D eigenvalue weighted by Crippen LogP contribution is 2.23. The number of benzene rings is 1. The highest BCUT2D eigenvalue weighted by Gasteiger charge is 2.09. The van der Waals surface area contributed by atoms with Gasteiger partial charge in [0.15, 0.2) is 0 Å². The van der Waals surface area contributed by atoms with Crippen molar-refractivity contribution >= 4 is 10.8 Å². The van der Waals surface area contributed by atoms with Crippen molar-refractivity contribution in [3.8, 4) is 11.3 Å². The van der Waals surface area contributed by atoms with E-state index in [0.29, 0.717) is 0 Å². The van der Waals surface area contributed by atoms with Gasteiger partial charge in [-0.15, -0.1) is 0 Å². The first-order chi connectivity index (χ1) is 7.18. The molecule has 0 aliphatic carbocycles. The Balaban J connectivity index is 2.57. The van der Waals surface area contributed by atoms with Crippen molar-refractivity contribution in [2.24, 2.45) is 7.05 Å². The summed E-state index contributed by atoms with van der Waals surface area (Å²) in [5.41, 5.74) is 1.81. The standard InChI is InChI=1S/C11H12N2OS/c1-13-8-7-10(12-13)9-5-3-4-6-11(9)15(2)14/h3-8H,1-2H3. The predicted molar refractivity (Wildman–Crippen MR) is 61.0 cm³/mol. The second-order valence-electron chi connectivity index (χ2n) is 3.32. The Hall–Kier alpha value is -1.42. The van der Waals surface area contributed by atoms with Crippen LogP contribution in [0.5, 0.6) is 0 Å². The summed E-state index contributed by atoms with van der Waals surface area (Å²) in [5.74, 6) is 0. The molecule has 15 heavy (non-hydrogen) atoms. The maximum Gasteiger partial charge on any atom is 0.0935 e. The molecule has 0 fully saturated rings. The third-order valence-electron chi connectivity index (χ3n) is 2.19. The summed E-state index contributed by atoms with van der Waals surface area (Å²) in [4.78, 5) is 0.830. The van der Waals surface area contributed by atoms with E-state index in [0.717, 1.165) is 16.2 Å². The number of hydrogen-bond donors (Lipinski definition) is 0. The third-order valence-corrected chi connectivity index (χ3v) is 3.16. The van der Waals surface area contributed by atoms with Gasteiger partial charge in [0.25, 0.3) is 0 Å². The van der Waals surface area contributed by atoms with Crippen LogP contribution in [0.2, 0.25) is 0 Å².